The fourth-order valence-corrected chi connectivity index (χ4v) is 1.81. The Labute approximate surface area is 92.6 Å². The van der Waals surface area contributed by atoms with Crippen LogP contribution in [0.3, 0.4) is 0 Å². The largest absolute Gasteiger partial charge is 0.342 e. The number of ether oxygens (including phenoxy) is 2. The Balaban J connectivity index is 2.63. The molecule has 2 rings (SSSR count). The van der Waals surface area contributed by atoms with Gasteiger partial charge in [-0.15, -0.1) is 0 Å². The minimum Gasteiger partial charge on any atom is -0.342 e. The van der Waals surface area contributed by atoms with Crippen molar-refractivity contribution in [3.05, 3.63) is 29.3 Å². The SMILES string of the molecule is COC1(OC)C(=O)Nc2ccc(C#N)cc21. The molecule has 0 saturated carbocycles. The molecule has 1 heterocycles. The summed E-state index contributed by atoms with van der Waals surface area (Å²) in [5.74, 6) is -1.83. The molecule has 0 aliphatic carbocycles. The minimum absolute atomic E-state index is 0.386. The Morgan fingerprint density at radius 3 is 2.62 bits per heavy atom. The Morgan fingerprint density at radius 1 is 1.38 bits per heavy atom. The topological polar surface area (TPSA) is 71.3 Å². The van der Waals surface area contributed by atoms with Crippen LogP contribution in [0.1, 0.15) is 11.1 Å². The maximum absolute atomic E-state index is 11.8. The molecule has 1 aliphatic heterocycles. The Morgan fingerprint density at radius 2 is 2.06 bits per heavy atom. The van der Waals surface area contributed by atoms with Gasteiger partial charge in [0.2, 0.25) is 0 Å². The highest BCUT2D eigenvalue weighted by molar-refractivity contribution is 6.04. The van der Waals surface area contributed by atoms with Crippen LogP contribution in [-0.4, -0.2) is 20.1 Å². The molecule has 0 atom stereocenters. The molecule has 5 heteroatoms. The van der Waals surface area contributed by atoms with E-state index < -0.39 is 5.79 Å². The second kappa shape index (κ2) is 3.59. The number of benzene rings is 1. The lowest BCUT2D eigenvalue weighted by molar-refractivity contribution is -0.207. The molecule has 0 radical (unpaired) electrons. The summed E-state index contributed by atoms with van der Waals surface area (Å²) in [6, 6.07) is 6.87. The molecule has 1 aliphatic rings. The molecule has 1 aromatic rings. The summed E-state index contributed by atoms with van der Waals surface area (Å²) in [7, 11) is 2.77. The molecule has 0 spiro atoms. The van der Waals surface area contributed by atoms with E-state index in [2.05, 4.69) is 5.32 Å². The number of methoxy groups -OCH3 is 2. The smallest absolute Gasteiger partial charge is 0.289 e. The molecule has 16 heavy (non-hydrogen) atoms. The van der Waals surface area contributed by atoms with Crippen molar-refractivity contribution in [1.29, 1.82) is 5.26 Å². The Bertz CT molecular complexity index is 486. The van der Waals surface area contributed by atoms with Crippen molar-refractivity contribution in [3.8, 4) is 6.07 Å². The quantitative estimate of drug-likeness (QED) is 0.750. The van der Waals surface area contributed by atoms with E-state index in [1.807, 2.05) is 6.07 Å². The zero-order valence-electron chi connectivity index (χ0n) is 8.90. The highest BCUT2D eigenvalue weighted by Gasteiger charge is 2.48. The zero-order valence-corrected chi connectivity index (χ0v) is 8.90. The molecule has 82 valence electrons. The van der Waals surface area contributed by atoms with Crippen LogP contribution >= 0.6 is 0 Å². The average molecular weight is 218 g/mol. The van der Waals surface area contributed by atoms with Gasteiger partial charge in [-0.05, 0) is 18.2 Å². The van der Waals surface area contributed by atoms with E-state index in [0.29, 0.717) is 16.8 Å². The van der Waals surface area contributed by atoms with Crippen LogP contribution in [0, 0.1) is 11.3 Å². The van der Waals surface area contributed by atoms with Gasteiger partial charge in [-0.25, -0.2) is 0 Å². The molecule has 1 N–H and O–H groups in total. The minimum atomic E-state index is -1.44. The van der Waals surface area contributed by atoms with E-state index in [1.165, 1.54) is 14.2 Å². The predicted octanol–water partition coefficient (Wildman–Crippen LogP) is 0.956. The third kappa shape index (κ3) is 1.21. The number of hydrogen-bond donors (Lipinski definition) is 1. The molecule has 0 aromatic heterocycles. The van der Waals surface area contributed by atoms with Gasteiger partial charge >= 0.3 is 0 Å². The van der Waals surface area contributed by atoms with Crippen molar-refractivity contribution in [2.45, 2.75) is 5.79 Å². The normalized spacial score (nSPS) is 16.4. The number of fused-ring (bicyclic) bond motifs is 1. The van der Waals surface area contributed by atoms with Gasteiger partial charge in [0.1, 0.15) is 0 Å². The monoisotopic (exact) mass is 218 g/mol. The van der Waals surface area contributed by atoms with Crippen molar-refractivity contribution < 1.29 is 14.3 Å². The molecular formula is C11H10N2O3. The fraction of sp³-hybridized carbons (Fsp3) is 0.273. The second-order valence-corrected chi connectivity index (χ2v) is 3.35. The molecule has 1 aromatic carbocycles. The van der Waals surface area contributed by atoms with Crippen LogP contribution in [0.5, 0.6) is 0 Å². The summed E-state index contributed by atoms with van der Waals surface area (Å²) in [5, 5.41) is 11.5. The van der Waals surface area contributed by atoms with Crippen LogP contribution in [0.4, 0.5) is 5.69 Å². The lowest BCUT2D eigenvalue weighted by Gasteiger charge is -2.23. The van der Waals surface area contributed by atoms with Crippen molar-refractivity contribution in [3.63, 3.8) is 0 Å². The first-order valence-electron chi connectivity index (χ1n) is 4.64. The van der Waals surface area contributed by atoms with Crippen LogP contribution in [0.2, 0.25) is 0 Å². The van der Waals surface area contributed by atoms with Crippen LogP contribution in [-0.2, 0) is 20.1 Å². The summed E-state index contributed by atoms with van der Waals surface area (Å²) in [4.78, 5) is 11.8. The highest BCUT2D eigenvalue weighted by Crippen LogP contribution is 2.39. The molecule has 0 bridgehead atoms. The fourth-order valence-electron chi connectivity index (χ4n) is 1.81. The molecular weight excluding hydrogens is 208 g/mol. The first-order chi connectivity index (χ1) is 7.67. The van der Waals surface area contributed by atoms with Crippen molar-refractivity contribution in [1.82, 2.24) is 0 Å². The van der Waals surface area contributed by atoms with Gasteiger partial charge in [0.25, 0.3) is 11.7 Å². The summed E-state index contributed by atoms with van der Waals surface area (Å²) < 4.78 is 10.3. The van der Waals surface area contributed by atoms with Gasteiger partial charge in [-0.2, -0.15) is 5.26 Å². The van der Waals surface area contributed by atoms with E-state index in [9.17, 15) is 4.79 Å². The number of anilines is 1. The summed E-state index contributed by atoms with van der Waals surface area (Å²) in [6.45, 7) is 0. The predicted molar refractivity (Wildman–Crippen MR) is 55.5 cm³/mol. The summed E-state index contributed by atoms with van der Waals surface area (Å²) in [6.07, 6.45) is 0. The molecule has 1 amide bonds. The molecule has 0 fully saturated rings. The van der Waals surface area contributed by atoms with Gasteiger partial charge < -0.3 is 14.8 Å². The lowest BCUT2D eigenvalue weighted by Crippen LogP contribution is -2.38. The van der Waals surface area contributed by atoms with E-state index in [0.717, 1.165) is 0 Å². The number of hydrogen-bond acceptors (Lipinski definition) is 4. The Hall–Kier alpha value is -1.90. The standard InChI is InChI=1S/C11H10N2O3/c1-15-11(16-2)8-5-7(6-12)3-4-9(8)13-10(11)14/h3-5H,1-2H3,(H,13,14). The number of nitrogens with zero attached hydrogens (tertiary/aromatic N) is 1. The van der Waals surface area contributed by atoms with Crippen LogP contribution < -0.4 is 5.32 Å². The Kier molecular flexibility index (Phi) is 2.38. The summed E-state index contributed by atoms with van der Waals surface area (Å²) in [5.41, 5.74) is 1.59. The van der Waals surface area contributed by atoms with Gasteiger partial charge in [0, 0.05) is 19.8 Å². The molecule has 0 saturated heterocycles. The second-order valence-electron chi connectivity index (χ2n) is 3.35. The number of carbonyl (C=O) groups is 1. The summed E-state index contributed by atoms with van der Waals surface area (Å²) >= 11 is 0. The third-order valence-corrected chi connectivity index (χ3v) is 2.63. The van der Waals surface area contributed by atoms with Gasteiger partial charge in [-0.1, -0.05) is 0 Å². The number of nitriles is 1. The lowest BCUT2D eigenvalue weighted by atomic mass is 10.0. The first-order valence-corrected chi connectivity index (χ1v) is 4.64. The van der Waals surface area contributed by atoms with E-state index in [1.54, 1.807) is 18.2 Å². The van der Waals surface area contributed by atoms with E-state index in [-0.39, 0.29) is 5.91 Å². The molecule has 0 unspecified atom stereocenters. The number of amides is 1. The maximum Gasteiger partial charge on any atom is 0.289 e. The first kappa shape index (κ1) is 10.6. The van der Waals surface area contributed by atoms with Gasteiger partial charge in [0.05, 0.1) is 17.3 Å². The van der Waals surface area contributed by atoms with Gasteiger partial charge in [0.15, 0.2) is 0 Å². The maximum atomic E-state index is 11.8. The highest BCUT2D eigenvalue weighted by atomic mass is 16.7. The number of nitrogens with one attached hydrogen (secondary N) is 1. The molecule has 5 nitrogen and oxygen atoms in total. The van der Waals surface area contributed by atoms with Crippen LogP contribution in [0.25, 0.3) is 0 Å². The van der Waals surface area contributed by atoms with E-state index in [4.69, 9.17) is 14.7 Å². The number of rotatable bonds is 2. The van der Waals surface area contributed by atoms with Crippen molar-refractivity contribution in [2.75, 3.05) is 19.5 Å². The van der Waals surface area contributed by atoms with Crippen molar-refractivity contribution >= 4 is 11.6 Å². The van der Waals surface area contributed by atoms with Crippen molar-refractivity contribution in [2.24, 2.45) is 0 Å². The van der Waals surface area contributed by atoms with E-state index >= 15 is 0 Å². The van der Waals surface area contributed by atoms with Gasteiger partial charge in [-0.3, -0.25) is 4.79 Å². The van der Waals surface area contributed by atoms with Crippen LogP contribution in [0.15, 0.2) is 18.2 Å². The average Bonchev–Trinajstić information content (AvgIpc) is 2.60. The zero-order chi connectivity index (χ0) is 11.8. The third-order valence-electron chi connectivity index (χ3n) is 2.63. The number of carbonyl (C=O) groups excluding carboxylic acids is 1.